The molecule has 0 spiro atoms. The normalized spacial score (nSPS) is 15.4. The summed E-state index contributed by atoms with van der Waals surface area (Å²) in [4.78, 5) is 22.9. The monoisotopic (exact) mass is 448 g/mol. The Bertz CT molecular complexity index is 1010. The number of hydrogen-bond donors (Lipinski definition) is 3. The Morgan fingerprint density at radius 3 is 2.39 bits per heavy atom. The lowest BCUT2D eigenvalue weighted by molar-refractivity contribution is 0.0497. The van der Waals surface area contributed by atoms with E-state index in [0.29, 0.717) is 11.6 Å². The predicted molar refractivity (Wildman–Crippen MR) is 118 cm³/mol. The molecule has 1 aromatic heterocycles. The van der Waals surface area contributed by atoms with Crippen LogP contribution in [0.2, 0.25) is 0 Å². The number of carbonyl (C=O) groups is 1. The Balaban J connectivity index is 1.57. The molecule has 0 bridgehead atoms. The molecule has 1 amide bonds. The summed E-state index contributed by atoms with van der Waals surface area (Å²) in [5.74, 6) is 1.17. The van der Waals surface area contributed by atoms with Gasteiger partial charge in [0.2, 0.25) is 16.0 Å². The number of nitrogens with two attached hydrogens (primary N) is 1. The lowest BCUT2D eigenvalue weighted by Gasteiger charge is -2.33. The summed E-state index contributed by atoms with van der Waals surface area (Å²) in [6.45, 7) is 6.99. The van der Waals surface area contributed by atoms with Gasteiger partial charge in [-0.05, 0) is 63.9 Å². The van der Waals surface area contributed by atoms with Gasteiger partial charge in [-0.25, -0.2) is 23.3 Å². The van der Waals surface area contributed by atoms with Gasteiger partial charge in [-0.1, -0.05) is 0 Å². The molecular formula is C20H28N6O4S. The maximum atomic E-state index is 12.0. The first-order chi connectivity index (χ1) is 14.5. The van der Waals surface area contributed by atoms with E-state index in [-0.39, 0.29) is 10.9 Å². The Morgan fingerprint density at radius 2 is 1.81 bits per heavy atom. The highest BCUT2D eigenvalue weighted by molar-refractivity contribution is 7.89. The zero-order chi connectivity index (χ0) is 22.6. The molecule has 0 saturated carbocycles. The van der Waals surface area contributed by atoms with Crippen molar-refractivity contribution in [3.05, 3.63) is 36.5 Å². The number of alkyl carbamates (subject to hydrolysis) is 1. The standard InChI is InChI=1S/C20H28N6O4S/c1-20(2,3)30-19(27)24-15-9-12-26(13-10-15)17-8-11-22-18(25-17)23-14-4-6-16(7-5-14)31(21,28)29/h4-8,11,15H,9-10,12-13H2,1-3H3,(H,24,27)(H2,21,28,29)(H,22,23,25). The fourth-order valence-electron chi connectivity index (χ4n) is 3.17. The van der Waals surface area contributed by atoms with Crippen LogP contribution in [0, 0.1) is 0 Å². The molecule has 0 unspecified atom stereocenters. The number of aromatic nitrogens is 2. The number of anilines is 3. The van der Waals surface area contributed by atoms with Gasteiger partial charge in [0.15, 0.2) is 0 Å². The van der Waals surface area contributed by atoms with Crippen LogP contribution in [0.1, 0.15) is 33.6 Å². The van der Waals surface area contributed by atoms with E-state index >= 15 is 0 Å². The first-order valence-corrected chi connectivity index (χ1v) is 11.5. The van der Waals surface area contributed by atoms with E-state index in [1.807, 2.05) is 26.8 Å². The van der Waals surface area contributed by atoms with Gasteiger partial charge in [0.25, 0.3) is 0 Å². The quantitative estimate of drug-likeness (QED) is 0.633. The van der Waals surface area contributed by atoms with Crippen LogP contribution < -0.4 is 20.7 Å². The Hall–Kier alpha value is -2.92. The highest BCUT2D eigenvalue weighted by atomic mass is 32.2. The molecule has 2 heterocycles. The van der Waals surface area contributed by atoms with E-state index in [4.69, 9.17) is 9.88 Å². The fourth-order valence-corrected chi connectivity index (χ4v) is 3.69. The smallest absolute Gasteiger partial charge is 0.407 e. The van der Waals surface area contributed by atoms with Crippen LogP contribution in [0.3, 0.4) is 0 Å². The average Bonchev–Trinajstić information content (AvgIpc) is 2.67. The molecule has 3 rings (SSSR count). The molecule has 1 aliphatic heterocycles. The van der Waals surface area contributed by atoms with Crippen LogP contribution in [0.25, 0.3) is 0 Å². The Labute approximate surface area is 182 Å². The van der Waals surface area contributed by atoms with Crippen molar-refractivity contribution in [2.24, 2.45) is 5.14 Å². The number of benzene rings is 1. The number of sulfonamides is 1. The molecule has 4 N–H and O–H groups in total. The minimum atomic E-state index is -3.73. The van der Waals surface area contributed by atoms with Crippen molar-refractivity contribution in [2.45, 2.75) is 50.2 Å². The van der Waals surface area contributed by atoms with Gasteiger partial charge in [0.1, 0.15) is 11.4 Å². The van der Waals surface area contributed by atoms with Crippen molar-refractivity contribution in [1.29, 1.82) is 0 Å². The number of carbonyl (C=O) groups excluding carboxylic acids is 1. The molecule has 0 radical (unpaired) electrons. The summed E-state index contributed by atoms with van der Waals surface area (Å²) >= 11 is 0. The van der Waals surface area contributed by atoms with E-state index in [9.17, 15) is 13.2 Å². The number of rotatable bonds is 5. The largest absolute Gasteiger partial charge is 0.444 e. The summed E-state index contributed by atoms with van der Waals surface area (Å²) in [6, 6.07) is 7.93. The summed E-state index contributed by atoms with van der Waals surface area (Å²) in [5.41, 5.74) is 0.124. The van der Waals surface area contributed by atoms with Gasteiger partial charge >= 0.3 is 6.09 Å². The van der Waals surface area contributed by atoms with E-state index in [2.05, 4.69) is 25.5 Å². The number of primary sulfonamides is 1. The summed E-state index contributed by atoms with van der Waals surface area (Å²) in [7, 11) is -3.73. The number of hydrogen-bond acceptors (Lipinski definition) is 8. The van der Waals surface area contributed by atoms with Crippen LogP contribution in [-0.4, -0.2) is 49.2 Å². The van der Waals surface area contributed by atoms with E-state index < -0.39 is 21.7 Å². The lowest BCUT2D eigenvalue weighted by atomic mass is 10.1. The topological polar surface area (TPSA) is 140 Å². The summed E-state index contributed by atoms with van der Waals surface area (Å²) in [6.07, 6.45) is 2.82. The van der Waals surface area contributed by atoms with Crippen molar-refractivity contribution in [2.75, 3.05) is 23.3 Å². The van der Waals surface area contributed by atoms with Crippen molar-refractivity contribution < 1.29 is 17.9 Å². The van der Waals surface area contributed by atoms with Gasteiger partial charge in [0.05, 0.1) is 4.90 Å². The number of amides is 1. The highest BCUT2D eigenvalue weighted by Gasteiger charge is 2.24. The summed E-state index contributed by atoms with van der Waals surface area (Å²) in [5, 5.41) is 11.1. The fraction of sp³-hybridized carbons (Fsp3) is 0.450. The van der Waals surface area contributed by atoms with Crippen molar-refractivity contribution >= 4 is 33.6 Å². The molecular weight excluding hydrogens is 420 g/mol. The second-order valence-electron chi connectivity index (χ2n) is 8.34. The minimum absolute atomic E-state index is 0.0376. The molecule has 1 aliphatic rings. The molecule has 31 heavy (non-hydrogen) atoms. The zero-order valence-electron chi connectivity index (χ0n) is 17.8. The highest BCUT2D eigenvalue weighted by Crippen LogP contribution is 2.21. The second kappa shape index (κ2) is 9.06. The number of nitrogens with zero attached hydrogens (tertiary/aromatic N) is 3. The maximum Gasteiger partial charge on any atom is 0.407 e. The molecule has 1 saturated heterocycles. The minimum Gasteiger partial charge on any atom is -0.444 e. The Morgan fingerprint density at radius 1 is 1.16 bits per heavy atom. The third-order valence-corrected chi connectivity index (χ3v) is 5.55. The SMILES string of the molecule is CC(C)(C)OC(=O)NC1CCN(c2ccnc(Nc3ccc(S(N)(=O)=O)cc3)n2)CC1. The second-order valence-corrected chi connectivity index (χ2v) is 9.90. The summed E-state index contributed by atoms with van der Waals surface area (Å²) < 4.78 is 28.0. The van der Waals surface area contributed by atoms with Crippen molar-refractivity contribution in [3.63, 3.8) is 0 Å². The van der Waals surface area contributed by atoms with Crippen LogP contribution in [-0.2, 0) is 14.8 Å². The van der Waals surface area contributed by atoms with Gasteiger partial charge < -0.3 is 20.3 Å². The van der Waals surface area contributed by atoms with Gasteiger partial charge in [-0.2, -0.15) is 4.98 Å². The number of nitrogens with one attached hydrogen (secondary N) is 2. The zero-order valence-corrected chi connectivity index (χ0v) is 18.6. The first kappa shape index (κ1) is 22.8. The molecule has 1 fully saturated rings. The molecule has 0 atom stereocenters. The Kier molecular flexibility index (Phi) is 6.65. The molecule has 168 valence electrons. The van der Waals surface area contributed by atoms with Crippen LogP contribution in [0.15, 0.2) is 41.4 Å². The third-order valence-electron chi connectivity index (χ3n) is 4.62. The van der Waals surface area contributed by atoms with Gasteiger partial charge in [-0.15, -0.1) is 0 Å². The average molecular weight is 449 g/mol. The molecule has 2 aromatic rings. The molecule has 1 aromatic carbocycles. The first-order valence-electron chi connectivity index (χ1n) is 9.97. The van der Waals surface area contributed by atoms with Crippen LogP contribution in [0.4, 0.5) is 22.2 Å². The van der Waals surface area contributed by atoms with Gasteiger partial charge in [0, 0.05) is 31.0 Å². The maximum absolute atomic E-state index is 12.0. The van der Waals surface area contributed by atoms with Crippen molar-refractivity contribution in [1.82, 2.24) is 15.3 Å². The molecule has 0 aliphatic carbocycles. The number of ether oxygens (including phenoxy) is 1. The third kappa shape index (κ3) is 6.79. The van der Waals surface area contributed by atoms with Gasteiger partial charge in [-0.3, -0.25) is 0 Å². The van der Waals surface area contributed by atoms with E-state index in [0.717, 1.165) is 31.7 Å². The predicted octanol–water partition coefficient (Wildman–Crippen LogP) is 2.36. The van der Waals surface area contributed by atoms with E-state index in [1.54, 1.807) is 18.3 Å². The van der Waals surface area contributed by atoms with Crippen LogP contribution >= 0.6 is 0 Å². The molecule has 11 heteroatoms. The number of piperidine rings is 1. The van der Waals surface area contributed by atoms with E-state index in [1.165, 1.54) is 12.1 Å². The lowest BCUT2D eigenvalue weighted by Crippen LogP contribution is -2.46. The van der Waals surface area contributed by atoms with Crippen molar-refractivity contribution in [3.8, 4) is 0 Å². The van der Waals surface area contributed by atoms with Crippen LogP contribution in [0.5, 0.6) is 0 Å². The molecule has 10 nitrogen and oxygen atoms in total.